The number of rotatable bonds is 2. The van der Waals surface area contributed by atoms with Gasteiger partial charge in [0.2, 0.25) is 16.0 Å². The van der Waals surface area contributed by atoms with Gasteiger partial charge in [-0.1, -0.05) is 11.3 Å². The second kappa shape index (κ2) is 4.19. The number of hydrogen-bond donors (Lipinski definition) is 1. The molecule has 1 aromatic heterocycles. The van der Waals surface area contributed by atoms with E-state index in [9.17, 15) is 22.8 Å². The van der Waals surface area contributed by atoms with Gasteiger partial charge in [-0.3, -0.25) is 14.5 Å². The number of likely N-dealkylation sites (N-methyl/N-ethyl adjacent to an activating group) is 1. The number of hydrogen-bond acceptors (Lipinski definition) is 6. The van der Waals surface area contributed by atoms with Gasteiger partial charge in [-0.25, -0.2) is 0 Å². The van der Waals surface area contributed by atoms with E-state index in [-0.39, 0.29) is 11.6 Å². The highest BCUT2D eigenvalue weighted by atomic mass is 32.1. The molecule has 1 aliphatic rings. The normalized spacial score (nSPS) is 20.7. The van der Waals surface area contributed by atoms with E-state index in [1.807, 2.05) is 0 Å². The second-order valence-electron chi connectivity index (χ2n) is 3.60. The lowest BCUT2D eigenvalue weighted by Crippen LogP contribution is -2.31. The number of nitrogens with zero attached hydrogens (tertiary/aromatic N) is 3. The zero-order valence-corrected chi connectivity index (χ0v) is 9.80. The van der Waals surface area contributed by atoms with Crippen LogP contribution in [0.4, 0.5) is 18.3 Å². The van der Waals surface area contributed by atoms with Crippen LogP contribution < -0.4 is 5.32 Å². The molecule has 0 aromatic carbocycles. The van der Waals surface area contributed by atoms with Crippen molar-refractivity contribution in [2.45, 2.75) is 18.6 Å². The predicted molar refractivity (Wildman–Crippen MR) is 54.7 cm³/mol. The van der Waals surface area contributed by atoms with Gasteiger partial charge in [-0.15, -0.1) is 10.2 Å². The first kappa shape index (κ1) is 12.7. The Morgan fingerprint density at radius 3 is 2.50 bits per heavy atom. The number of imide groups is 1. The van der Waals surface area contributed by atoms with Gasteiger partial charge in [0.05, 0.1) is 6.42 Å². The monoisotopic (exact) mass is 280 g/mol. The predicted octanol–water partition coefficient (Wildman–Crippen LogP) is 0.726. The van der Waals surface area contributed by atoms with Crippen LogP contribution in [0, 0.1) is 0 Å². The standard InChI is InChI=1S/C8H7F3N4O2S/c1-15-4(16)2-3(5(15)17)12-7-14-13-6(18-7)8(9,10)11/h3H,2H2,1H3,(H,12,14). The molecule has 2 rings (SSSR count). The van der Waals surface area contributed by atoms with Gasteiger partial charge < -0.3 is 5.32 Å². The second-order valence-corrected chi connectivity index (χ2v) is 4.58. The molecular formula is C8H7F3N4O2S. The van der Waals surface area contributed by atoms with E-state index in [0.29, 0.717) is 11.3 Å². The number of carbonyl (C=O) groups is 2. The molecule has 1 unspecified atom stereocenters. The molecule has 1 fully saturated rings. The van der Waals surface area contributed by atoms with Gasteiger partial charge in [0, 0.05) is 7.05 Å². The zero-order valence-electron chi connectivity index (χ0n) is 8.98. The first-order chi connectivity index (χ1) is 8.29. The highest BCUT2D eigenvalue weighted by Gasteiger charge is 2.38. The van der Waals surface area contributed by atoms with Crippen molar-refractivity contribution in [2.75, 3.05) is 12.4 Å². The number of nitrogens with one attached hydrogen (secondary N) is 1. The summed E-state index contributed by atoms with van der Waals surface area (Å²) in [5.41, 5.74) is 0. The summed E-state index contributed by atoms with van der Waals surface area (Å²) < 4.78 is 36.8. The smallest absolute Gasteiger partial charge is 0.348 e. The Morgan fingerprint density at radius 1 is 1.39 bits per heavy atom. The Bertz CT molecular complexity index is 501. The van der Waals surface area contributed by atoms with Gasteiger partial charge in [-0.2, -0.15) is 13.2 Å². The lowest BCUT2D eigenvalue weighted by atomic mass is 10.2. The van der Waals surface area contributed by atoms with E-state index in [2.05, 4.69) is 15.5 Å². The Balaban J connectivity index is 2.09. The molecule has 0 radical (unpaired) electrons. The molecule has 1 aromatic rings. The molecule has 6 nitrogen and oxygen atoms in total. The Labute approximate surface area is 103 Å². The molecule has 10 heteroatoms. The summed E-state index contributed by atoms with van der Waals surface area (Å²) >= 11 is 0.291. The van der Waals surface area contributed by atoms with Crippen LogP contribution >= 0.6 is 11.3 Å². The van der Waals surface area contributed by atoms with Gasteiger partial charge in [-0.05, 0) is 0 Å². The summed E-state index contributed by atoms with van der Waals surface area (Å²) in [5.74, 6) is -0.887. The Morgan fingerprint density at radius 2 is 2.06 bits per heavy atom. The molecular weight excluding hydrogens is 273 g/mol. The number of carbonyl (C=O) groups excluding carboxylic acids is 2. The fourth-order valence-electron chi connectivity index (χ4n) is 1.41. The molecule has 98 valence electrons. The minimum atomic E-state index is -4.57. The highest BCUT2D eigenvalue weighted by Crippen LogP contribution is 2.33. The van der Waals surface area contributed by atoms with E-state index >= 15 is 0 Å². The van der Waals surface area contributed by atoms with Crippen molar-refractivity contribution in [2.24, 2.45) is 0 Å². The van der Waals surface area contributed by atoms with Gasteiger partial charge in [0.15, 0.2) is 0 Å². The minimum Gasteiger partial charge on any atom is -0.348 e. The van der Waals surface area contributed by atoms with Crippen LogP contribution in [0.1, 0.15) is 11.4 Å². The molecule has 1 saturated heterocycles. The molecule has 2 heterocycles. The maximum absolute atomic E-state index is 12.3. The lowest BCUT2D eigenvalue weighted by Gasteiger charge is -2.08. The third kappa shape index (κ3) is 2.28. The maximum atomic E-state index is 12.3. The van der Waals surface area contributed by atoms with E-state index in [1.165, 1.54) is 7.05 Å². The highest BCUT2D eigenvalue weighted by molar-refractivity contribution is 7.15. The molecule has 1 atom stereocenters. The first-order valence-electron chi connectivity index (χ1n) is 4.76. The van der Waals surface area contributed by atoms with Crippen LogP contribution in [0.3, 0.4) is 0 Å². The zero-order chi connectivity index (χ0) is 13.5. The van der Waals surface area contributed by atoms with E-state index in [0.717, 1.165) is 4.90 Å². The van der Waals surface area contributed by atoms with Crippen LogP contribution in [-0.2, 0) is 15.8 Å². The lowest BCUT2D eigenvalue weighted by molar-refractivity contribution is -0.138. The summed E-state index contributed by atoms with van der Waals surface area (Å²) in [7, 11) is 1.31. The fourth-order valence-corrected chi connectivity index (χ4v) is 2.08. The van der Waals surface area contributed by atoms with Crippen LogP contribution in [-0.4, -0.2) is 40.0 Å². The van der Waals surface area contributed by atoms with E-state index in [1.54, 1.807) is 0 Å². The van der Waals surface area contributed by atoms with Crippen molar-refractivity contribution >= 4 is 28.3 Å². The number of aromatic nitrogens is 2. The Kier molecular flexibility index (Phi) is 2.97. The summed E-state index contributed by atoms with van der Waals surface area (Å²) in [6, 6.07) is -0.878. The maximum Gasteiger partial charge on any atom is 0.445 e. The third-order valence-corrected chi connectivity index (χ3v) is 3.25. The van der Waals surface area contributed by atoms with Crippen molar-refractivity contribution in [3.05, 3.63) is 5.01 Å². The van der Waals surface area contributed by atoms with Crippen molar-refractivity contribution in [1.82, 2.24) is 15.1 Å². The average Bonchev–Trinajstić information content (AvgIpc) is 2.81. The molecule has 0 bridgehead atoms. The summed E-state index contributed by atoms with van der Waals surface area (Å²) in [5, 5.41) is 7.49. The molecule has 1 N–H and O–H groups in total. The van der Waals surface area contributed by atoms with Crippen LogP contribution in [0.5, 0.6) is 0 Å². The quantitative estimate of drug-likeness (QED) is 0.808. The number of anilines is 1. The van der Waals surface area contributed by atoms with Crippen molar-refractivity contribution in [3.8, 4) is 0 Å². The van der Waals surface area contributed by atoms with E-state index < -0.39 is 29.0 Å². The topological polar surface area (TPSA) is 75.2 Å². The summed E-state index contributed by atoms with van der Waals surface area (Å²) in [6.45, 7) is 0. The first-order valence-corrected chi connectivity index (χ1v) is 5.58. The SMILES string of the molecule is CN1C(=O)CC(Nc2nnc(C(F)(F)F)s2)C1=O. The fraction of sp³-hybridized carbons (Fsp3) is 0.500. The van der Waals surface area contributed by atoms with E-state index in [4.69, 9.17) is 0 Å². The van der Waals surface area contributed by atoms with Crippen LogP contribution in [0.15, 0.2) is 0 Å². The summed E-state index contributed by atoms with van der Waals surface area (Å²) in [6.07, 6.45) is -4.67. The van der Waals surface area contributed by atoms with Crippen molar-refractivity contribution in [1.29, 1.82) is 0 Å². The number of amides is 2. The molecule has 1 aliphatic heterocycles. The van der Waals surface area contributed by atoms with Gasteiger partial charge >= 0.3 is 6.18 Å². The summed E-state index contributed by atoms with van der Waals surface area (Å²) in [4.78, 5) is 23.6. The van der Waals surface area contributed by atoms with Gasteiger partial charge in [0.25, 0.3) is 5.91 Å². The number of halogens is 3. The molecule has 2 amide bonds. The molecule has 18 heavy (non-hydrogen) atoms. The molecule has 0 spiro atoms. The minimum absolute atomic E-state index is 0.101. The molecule has 0 aliphatic carbocycles. The Hall–Kier alpha value is -1.71. The van der Waals surface area contributed by atoms with Crippen LogP contribution in [0.2, 0.25) is 0 Å². The largest absolute Gasteiger partial charge is 0.445 e. The van der Waals surface area contributed by atoms with Crippen molar-refractivity contribution < 1.29 is 22.8 Å². The van der Waals surface area contributed by atoms with Crippen molar-refractivity contribution in [3.63, 3.8) is 0 Å². The number of likely N-dealkylation sites (tertiary alicyclic amines) is 1. The van der Waals surface area contributed by atoms with Crippen LogP contribution in [0.25, 0.3) is 0 Å². The average molecular weight is 280 g/mol. The molecule has 0 saturated carbocycles. The third-order valence-electron chi connectivity index (χ3n) is 2.35. The van der Waals surface area contributed by atoms with Gasteiger partial charge in [0.1, 0.15) is 6.04 Å². The number of alkyl halides is 3.